The smallest absolute Gasteiger partial charge is 0.299 e. The number of rotatable bonds is 9. The average Bonchev–Trinajstić information content (AvgIpc) is 2.85. The summed E-state index contributed by atoms with van der Waals surface area (Å²) in [5, 5.41) is 8.53. The van der Waals surface area contributed by atoms with Gasteiger partial charge in [-0.1, -0.05) is 42.5 Å². The average molecular weight is 547 g/mol. The Hall–Kier alpha value is -2.53. The Kier molecular flexibility index (Phi) is 9.07. The first-order chi connectivity index (χ1) is 18.1. The fraction of sp³-hybridized carbons (Fsp3) is 0.536. The van der Waals surface area contributed by atoms with Crippen molar-refractivity contribution in [3.05, 3.63) is 71.0 Å². The van der Waals surface area contributed by atoms with E-state index >= 15 is 0 Å². The summed E-state index contributed by atoms with van der Waals surface area (Å²) >= 11 is 0. The standard InChI is InChI=1S/C28H39FN4O4S/c1-28(2)26(22-12-10-21(11-13-22)7-6-15-33-18-16-32(3)17-19-33)38(35,36)31-27(37-28)30-25(14-20-34)23-8-4-5-9-24(23)29/h4-5,8-13,25-26,34H,6-7,14-20H2,1-3H3,(H,30,31)/t25-,26?/m0/s1. The molecule has 0 bridgehead atoms. The number of aliphatic hydroxyl groups is 1. The Bertz CT molecular complexity index is 1210. The van der Waals surface area contributed by atoms with Crippen molar-refractivity contribution in [3.63, 3.8) is 0 Å². The molecular weight excluding hydrogens is 507 g/mol. The highest BCUT2D eigenvalue weighted by Crippen LogP contribution is 2.39. The zero-order valence-electron chi connectivity index (χ0n) is 22.4. The SMILES string of the molecule is CN1CCN(CCCc2ccc(C3C(C)(C)OC(=N[C@@H](CCO)c4ccccc4F)NS3(=O)=O)cc2)CC1. The van der Waals surface area contributed by atoms with E-state index in [0.717, 1.165) is 45.6 Å². The lowest BCUT2D eigenvalue weighted by atomic mass is 9.96. The van der Waals surface area contributed by atoms with Gasteiger partial charge < -0.3 is 19.6 Å². The van der Waals surface area contributed by atoms with Gasteiger partial charge in [-0.3, -0.25) is 0 Å². The molecule has 208 valence electrons. The van der Waals surface area contributed by atoms with Crippen LogP contribution in [0.1, 0.15) is 54.7 Å². The number of nitrogens with one attached hydrogen (secondary N) is 1. The minimum atomic E-state index is -3.91. The molecule has 0 saturated carbocycles. The Morgan fingerprint density at radius 2 is 1.82 bits per heavy atom. The Morgan fingerprint density at radius 3 is 2.45 bits per heavy atom. The molecule has 0 aliphatic carbocycles. The van der Waals surface area contributed by atoms with E-state index in [9.17, 15) is 17.9 Å². The van der Waals surface area contributed by atoms with Gasteiger partial charge in [0.2, 0.25) is 10.0 Å². The third-order valence-corrected chi connectivity index (χ3v) is 9.21. The van der Waals surface area contributed by atoms with Crippen molar-refractivity contribution in [1.82, 2.24) is 14.5 Å². The number of aliphatic imine (C=N–C) groups is 1. The molecule has 2 aromatic carbocycles. The lowest BCUT2D eigenvalue weighted by molar-refractivity contribution is 0.0758. The fourth-order valence-electron chi connectivity index (χ4n) is 5.25. The summed E-state index contributed by atoms with van der Waals surface area (Å²) in [4.78, 5) is 9.20. The molecule has 10 heteroatoms. The van der Waals surface area contributed by atoms with Crippen molar-refractivity contribution < 1.29 is 22.7 Å². The van der Waals surface area contributed by atoms with Crippen molar-refractivity contribution in [2.24, 2.45) is 4.99 Å². The number of sulfonamides is 1. The molecule has 0 spiro atoms. The maximum atomic E-state index is 14.4. The number of piperazine rings is 1. The molecule has 0 aromatic heterocycles. The Balaban J connectivity index is 1.45. The van der Waals surface area contributed by atoms with Crippen molar-refractivity contribution in [3.8, 4) is 0 Å². The molecule has 2 atom stereocenters. The van der Waals surface area contributed by atoms with Gasteiger partial charge in [0.1, 0.15) is 16.7 Å². The molecule has 8 nitrogen and oxygen atoms in total. The minimum absolute atomic E-state index is 0.121. The van der Waals surface area contributed by atoms with Gasteiger partial charge in [0.05, 0.1) is 6.04 Å². The fourth-order valence-corrected chi connectivity index (χ4v) is 7.01. The lowest BCUT2D eigenvalue weighted by Crippen LogP contribution is -2.53. The summed E-state index contributed by atoms with van der Waals surface area (Å²) in [6.07, 6.45) is 2.11. The van der Waals surface area contributed by atoms with Gasteiger partial charge in [0.15, 0.2) is 0 Å². The highest BCUT2D eigenvalue weighted by Gasteiger charge is 2.48. The van der Waals surface area contributed by atoms with Crippen LogP contribution < -0.4 is 4.72 Å². The van der Waals surface area contributed by atoms with Crippen LogP contribution >= 0.6 is 0 Å². The van der Waals surface area contributed by atoms with E-state index in [0.29, 0.717) is 5.56 Å². The number of aryl methyl sites for hydroxylation is 1. The summed E-state index contributed by atoms with van der Waals surface area (Å²) in [5.41, 5.74) is 0.928. The first-order valence-electron chi connectivity index (χ1n) is 13.2. The van der Waals surface area contributed by atoms with E-state index in [2.05, 4.69) is 26.6 Å². The number of benzene rings is 2. The maximum Gasteiger partial charge on any atom is 0.299 e. The van der Waals surface area contributed by atoms with E-state index in [1.807, 2.05) is 24.3 Å². The van der Waals surface area contributed by atoms with Crippen molar-refractivity contribution in [2.75, 3.05) is 46.4 Å². The first-order valence-corrected chi connectivity index (χ1v) is 14.8. The van der Waals surface area contributed by atoms with Crippen LogP contribution in [0.5, 0.6) is 0 Å². The van der Waals surface area contributed by atoms with E-state index in [1.54, 1.807) is 32.0 Å². The number of hydrogen-bond acceptors (Lipinski definition) is 7. The normalized spacial score (nSPS) is 23.5. The molecule has 2 saturated heterocycles. The van der Waals surface area contributed by atoms with Crippen LogP contribution in [-0.2, 0) is 21.2 Å². The number of ether oxygens (including phenoxy) is 1. The number of aliphatic hydroxyl groups excluding tert-OH is 1. The molecule has 2 heterocycles. The van der Waals surface area contributed by atoms with Crippen LogP contribution in [0.4, 0.5) is 4.39 Å². The predicted octanol–water partition coefficient (Wildman–Crippen LogP) is 3.25. The van der Waals surface area contributed by atoms with Gasteiger partial charge in [0, 0.05) is 38.3 Å². The zero-order valence-corrected chi connectivity index (χ0v) is 23.3. The van der Waals surface area contributed by atoms with Crippen LogP contribution in [0.2, 0.25) is 0 Å². The van der Waals surface area contributed by atoms with Crippen LogP contribution in [0.15, 0.2) is 53.5 Å². The molecule has 2 aromatic rings. The summed E-state index contributed by atoms with van der Waals surface area (Å²) in [6.45, 7) is 8.65. The van der Waals surface area contributed by atoms with Gasteiger partial charge in [-0.15, -0.1) is 0 Å². The van der Waals surface area contributed by atoms with Gasteiger partial charge in [-0.2, -0.15) is 0 Å². The molecule has 1 unspecified atom stereocenters. The molecular formula is C28H39FN4O4S. The Labute approximate surface area is 225 Å². The van der Waals surface area contributed by atoms with Gasteiger partial charge in [-0.05, 0) is 63.9 Å². The predicted molar refractivity (Wildman–Crippen MR) is 147 cm³/mol. The summed E-state index contributed by atoms with van der Waals surface area (Å²) in [5.74, 6) is -0.477. The number of hydrogen-bond donors (Lipinski definition) is 2. The second-order valence-corrected chi connectivity index (χ2v) is 12.5. The maximum absolute atomic E-state index is 14.4. The highest BCUT2D eigenvalue weighted by atomic mass is 32.2. The summed E-state index contributed by atoms with van der Waals surface area (Å²) < 4.78 is 49.7. The van der Waals surface area contributed by atoms with Crippen LogP contribution in [0, 0.1) is 5.82 Å². The summed E-state index contributed by atoms with van der Waals surface area (Å²) in [7, 11) is -1.75. The minimum Gasteiger partial charge on any atom is -0.457 e. The molecule has 0 radical (unpaired) electrons. The second-order valence-electron chi connectivity index (χ2n) is 10.7. The largest absolute Gasteiger partial charge is 0.457 e. The van der Waals surface area contributed by atoms with E-state index < -0.39 is 32.7 Å². The van der Waals surface area contributed by atoms with Crippen LogP contribution in [-0.4, -0.2) is 81.3 Å². The third-order valence-electron chi connectivity index (χ3n) is 7.29. The number of halogens is 1. The van der Waals surface area contributed by atoms with Gasteiger partial charge in [-0.25, -0.2) is 22.5 Å². The topological polar surface area (TPSA) is 94.5 Å². The quantitative estimate of drug-likeness (QED) is 0.502. The van der Waals surface area contributed by atoms with E-state index in [-0.39, 0.29) is 24.6 Å². The lowest BCUT2D eigenvalue weighted by Gasteiger charge is -2.39. The molecule has 2 fully saturated rings. The van der Waals surface area contributed by atoms with E-state index in [4.69, 9.17) is 4.74 Å². The van der Waals surface area contributed by atoms with Crippen LogP contribution in [0.25, 0.3) is 0 Å². The molecule has 2 N–H and O–H groups in total. The first kappa shape index (κ1) is 28.5. The third kappa shape index (κ3) is 6.91. The molecule has 0 amide bonds. The van der Waals surface area contributed by atoms with Crippen LogP contribution in [0.3, 0.4) is 0 Å². The number of likely N-dealkylation sites (N-methyl/N-ethyl adjacent to an activating group) is 1. The van der Waals surface area contributed by atoms with Crippen molar-refractivity contribution in [2.45, 2.75) is 50.0 Å². The molecule has 2 aliphatic rings. The second kappa shape index (κ2) is 12.1. The summed E-state index contributed by atoms with van der Waals surface area (Å²) in [6, 6.07) is 12.8. The van der Waals surface area contributed by atoms with Gasteiger partial charge >= 0.3 is 0 Å². The zero-order chi connectivity index (χ0) is 27.3. The highest BCUT2D eigenvalue weighted by molar-refractivity contribution is 7.90. The van der Waals surface area contributed by atoms with Crippen molar-refractivity contribution in [1.29, 1.82) is 0 Å². The van der Waals surface area contributed by atoms with Gasteiger partial charge in [0.25, 0.3) is 6.02 Å². The van der Waals surface area contributed by atoms with E-state index in [1.165, 1.54) is 11.6 Å². The molecule has 38 heavy (non-hydrogen) atoms. The molecule has 4 rings (SSSR count). The van der Waals surface area contributed by atoms with Crippen molar-refractivity contribution >= 4 is 16.0 Å². The number of amidine groups is 1. The number of nitrogens with zero attached hydrogens (tertiary/aromatic N) is 3. The monoisotopic (exact) mass is 546 g/mol. The Morgan fingerprint density at radius 1 is 1.13 bits per heavy atom. The molecule has 2 aliphatic heterocycles.